The second kappa shape index (κ2) is 9.89. The summed E-state index contributed by atoms with van der Waals surface area (Å²) >= 11 is 0. The van der Waals surface area contributed by atoms with Gasteiger partial charge in [0.2, 0.25) is 0 Å². The molecule has 1 aliphatic carbocycles. The van der Waals surface area contributed by atoms with Crippen molar-refractivity contribution in [2.45, 2.75) is 31.5 Å². The Labute approximate surface area is 234 Å². The third-order valence-corrected chi connectivity index (χ3v) is 7.86. The number of rotatable bonds is 5. The van der Waals surface area contributed by atoms with Crippen molar-refractivity contribution in [2.24, 2.45) is 13.0 Å². The van der Waals surface area contributed by atoms with E-state index in [1.165, 1.54) is 22.0 Å². The van der Waals surface area contributed by atoms with Crippen LogP contribution in [-0.4, -0.2) is 66.9 Å². The van der Waals surface area contributed by atoms with Crippen molar-refractivity contribution < 1.29 is 13.6 Å². The summed E-state index contributed by atoms with van der Waals surface area (Å²) < 4.78 is 31.1. The van der Waals surface area contributed by atoms with E-state index in [1.54, 1.807) is 25.4 Å². The number of alkyl halides is 1. The Bertz CT molecular complexity index is 1770. The minimum Gasteiger partial charge on any atom is -0.352 e. The lowest BCUT2D eigenvalue weighted by Gasteiger charge is -2.42. The molecule has 4 aromatic rings. The van der Waals surface area contributed by atoms with Crippen LogP contribution in [0.4, 0.5) is 14.6 Å². The molecule has 0 bridgehead atoms. The van der Waals surface area contributed by atoms with Gasteiger partial charge in [-0.2, -0.15) is 15.6 Å². The number of pyridine rings is 1. The Kier molecular flexibility index (Phi) is 6.34. The predicted molar refractivity (Wildman–Crippen MR) is 145 cm³/mol. The zero-order chi connectivity index (χ0) is 28.9. The third-order valence-electron chi connectivity index (χ3n) is 7.86. The van der Waals surface area contributed by atoms with E-state index in [2.05, 4.69) is 26.1 Å². The molecule has 12 heteroatoms. The van der Waals surface area contributed by atoms with Crippen LogP contribution in [0, 0.1) is 34.4 Å². The molecule has 2 aliphatic rings. The number of fused-ring (bicyclic) bond motifs is 1. The molecular formula is C29H25F2N9O. The minimum absolute atomic E-state index is 0.202. The standard InChI is InChI=1S/C29H25F2N9O/c1-17-14-39(7-8-40(17)28(41)29(31,15-33)19-3-4-19)27-25-22(18-9-20(30)13-34-12-18)5-6-23(26(25)35-16-36-27)24-10-21(11-32)38(2)37-24/h5-6,9-10,12-13,16-17,19H,3-4,7-8,14H2,1-2H3. The molecule has 0 spiro atoms. The maximum atomic E-state index is 15.4. The van der Waals surface area contributed by atoms with Gasteiger partial charge in [0, 0.05) is 62.0 Å². The van der Waals surface area contributed by atoms with E-state index >= 15 is 4.39 Å². The van der Waals surface area contributed by atoms with Crippen molar-refractivity contribution in [1.29, 1.82) is 10.5 Å². The highest BCUT2D eigenvalue weighted by Gasteiger charge is 2.55. The number of carbonyl (C=O) groups is 1. The number of anilines is 1. The first kappa shape index (κ1) is 26.3. The Morgan fingerprint density at radius 1 is 1.12 bits per heavy atom. The first-order valence-electron chi connectivity index (χ1n) is 13.2. The van der Waals surface area contributed by atoms with Crippen LogP contribution in [0.25, 0.3) is 33.3 Å². The van der Waals surface area contributed by atoms with Gasteiger partial charge in [0.05, 0.1) is 22.8 Å². The molecule has 1 saturated heterocycles. The summed E-state index contributed by atoms with van der Waals surface area (Å²) in [7, 11) is 1.68. The van der Waals surface area contributed by atoms with Gasteiger partial charge in [0.25, 0.3) is 11.6 Å². The van der Waals surface area contributed by atoms with Crippen LogP contribution in [0.15, 0.2) is 43.0 Å². The number of halogens is 2. The first-order chi connectivity index (χ1) is 19.7. The van der Waals surface area contributed by atoms with Crippen molar-refractivity contribution in [3.63, 3.8) is 0 Å². The third kappa shape index (κ3) is 4.42. The van der Waals surface area contributed by atoms with Gasteiger partial charge in [-0.1, -0.05) is 6.07 Å². The van der Waals surface area contributed by atoms with Gasteiger partial charge in [0.15, 0.2) is 0 Å². The van der Waals surface area contributed by atoms with Crippen LogP contribution in [0.1, 0.15) is 25.5 Å². The molecule has 1 aliphatic heterocycles. The Balaban J connectivity index is 1.44. The topological polar surface area (TPSA) is 128 Å². The molecule has 10 nitrogen and oxygen atoms in total. The van der Waals surface area contributed by atoms with Crippen LogP contribution in [-0.2, 0) is 11.8 Å². The molecule has 1 saturated carbocycles. The highest BCUT2D eigenvalue weighted by atomic mass is 19.1. The molecule has 2 atom stereocenters. The van der Waals surface area contributed by atoms with Crippen molar-refractivity contribution in [2.75, 3.05) is 24.5 Å². The van der Waals surface area contributed by atoms with Gasteiger partial charge in [-0.05, 0) is 37.5 Å². The van der Waals surface area contributed by atoms with Crippen LogP contribution < -0.4 is 4.90 Å². The average molecular weight is 554 g/mol. The number of nitrogens with zero attached hydrogens (tertiary/aromatic N) is 9. The van der Waals surface area contributed by atoms with E-state index in [0.29, 0.717) is 70.7 Å². The number of nitriles is 2. The normalized spacial score (nSPS) is 18.5. The second-order valence-corrected chi connectivity index (χ2v) is 10.5. The molecule has 3 aromatic heterocycles. The molecule has 2 fully saturated rings. The number of piperazine rings is 1. The van der Waals surface area contributed by atoms with Crippen molar-refractivity contribution in [3.05, 3.63) is 54.5 Å². The van der Waals surface area contributed by atoms with Crippen LogP contribution in [0.2, 0.25) is 0 Å². The van der Waals surface area contributed by atoms with Crippen molar-refractivity contribution in [3.8, 4) is 34.5 Å². The Morgan fingerprint density at radius 3 is 2.56 bits per heavy atom. The molecule has 1 aromatic carbocycles. The molecule has 41 heavy (non-hydrogen) atoms. The summed E-state index contributed by atoms with van der Waals surface area (Å²) in [5, 5.41) is 24.1. The molecule has 6 rings (SSSR count). The molecule has 1 amide bonds. The van der Waals surface area contributed by atoms with E-state index in [0.717, 1.165) is 6.20 Å². The lowest BCUT2D eigenvalue weighted by atomic mass is 9.96. The fourth-order valence-electron chi connectivity index (χ4n) is 5.56. The lowest BCUT2D eigenvalue weighted by molar-refractivity contribution is -0.144. The van der Waals surface area contributed by atoms with E-state index in [9.17, 15) is 19.7 Å². The number of aromatic nitrogens is 5. The second-order valence-electron chi connectivity index (χ2n) is 10.5. The number of hydrogen-bond acceptors (Lipinski definition) is 8. The largest absolute Gasteiger partial charge is 0.352 e. The van der Waals surface area contributed by atoms with Crippen molar-refractivity contribution >= 4 is 22.6 Å². The highest BCUT2D eigenvalue weighted by Crippen LogP contribution is 2.44. The molecule has 0 radical (unpaired) electrons. The minimum atomic E-state index is -2.50. The first-order valence-corrected chi connectivity index (χ1v) is 13.2. The number of benzene rings is 1. The number of amides is 1. The number of hydrogen-bond donors (Lipinski definition) is 0. The summed E-state index contributed by atoms with van der Waals surface area (Å²) in [6, 6.07) is 10.0. The van der Waals surface area contributed by atoms with Gasteiger partial charge in [-0.25, -0.2) is 18.7 Å². The molecule has 0 N–H and O–H groups in total. The lowest BCUT2D eigenvalue weighted by Crippen LogP contribution is -2.59. The fraction of sp³-hybridized carbons (Fsp3) is 0.345. The van der Waals surface area contributed by atoms with E-state index in [4.69, 9.17) is 0 Å². The van der Waals surface area contributed by atoms with Gasteiger partial charge < -0.3 is 9.80 Å². The summed E-state index contributed by atoms with van der Waals surface area (Å²) in [5.41, 5.74) is 0.803. The fourth-order valence-corrected chi connectivity index (χ4v) is 5.56. The maximum absolute atomic E-state index is 15.4. The van der Waals surface area contributed by atoms with Gasteiger partial charge in [-0.15, -0.1) is 0 Å². The monoisotopic (exact) mass is 553 g/mol. The smallest absolute Gasteiger partial charge is 0.276 e. The van der Waals surface area contributed by atoms with Crippen LogP contribution in [0.3, 0.4) is 0 Å². The van der Waals surface area contributed by atoms with Crippen molar-refractivity contribution in [1.82, 2.24) is 29.6 Å². The summed E-state index contributed by atoms with van der Waals surface area (Å²) in [5.74, 6) is -1.27. The van der Waals surface area contributed by atoms with E-state index < -0.39 is 29.4 Å². The Hall–Kier alpha value is -4.97. The van der Waals surface area contributed by atoms with Gasteiger partial charge in [0.1, 0.15) is 35.8 Å². The molecule has 206 valence electrons. The maximum Gasteiger partial charge on any atom is 0.276 e. The van der Waals surface area contributed by atoms with Gasteiger partial charge >= 0.3 is 0 Å². The summed E-state index contributed by atoms with van der Waals surface area (Å²) in [4.78, 5) is 29.8. The number of carbonyl (C=O) groups excluding carboxylic acids is 1. The van der Waals surface area contributed by atoms with E-state index in [1.807, 2.05) is 24.0 Å². The molecular weight excluding hydrogens is 528 g/mol. The summed E-state index contributed by atoms with van der Waals surface area (Å²) in [6.07, 6.45) is 5.18. The van der Waals surface area contributed by atoms with Crippen LogP contribution in [0.5, 0.6) is 0 Å². The molecule has 2 unspecified atom stereocenters. The highest BCUT2D eigenvalue weighted by molar-refractivity contribution is 6.07. The van der Waals surface area contributed by atoms with Gasteiger partial charge in [-0.3, -0.25) is 14.5 Å². The summed E-state index contributed by atoms with van der Waals surface area (Å²) in [6.45, 7) is 2.69. The zero-order valence-corrected chi connectivity index (χ0v) is 22.4. The quantitative estimate of drug-likeness (QED) is 0.365. The predicted octanol–water partition coefficient (Wildman–Crippen LogP) is 3.78. The average Bonchev–Trinajstić information content (AvgIpc) is 3.77. The molecule has 4 heterocycles. The van der Waals surface area contributed by atoms with E-state index in [-0.39, 0.29) is 6.54 Å². The SMILES string of the molecule is CC1CN(c2ncnc3c(-c4cc(C#N)n(C)n4)ccc(-c4cncc(F)c4)c23)CCN1C(=O)C(F)(C#N)C1CC1. The number of aryl methyl sites for hydroxylation is 1. The Morgan fingerprint density at radius 2 is 1.90 bits per heavy atom. The zero-order valence-electron chi connectivity index (χ0n) is 22.4. The van der Waals surface area contributed by atoms with Crippen LogP contribution >= 0.6 is 0 Å².